The van der Waals surface area contributed by atoms with Gasteiger partial charge in [-0.05, 0) is 25.4 Å². The van der Waals surface area contributed by atoms with E-state index in [-0.39, 0.29) is 5.91 Å². The van der Waals surface area contributed by atoms with Gasteiger partial charge in [0.15, 0.2) is 5.69 Å². The molecule has 156 valence electrons. The molecule has 2 heterocycles. The minimum absolute atomic E-state index is 0.350. The Kier molecular flexibility index (Phi) is 6.07. The number of nitrogens with zero attached hydrogens (tertiary/aromatic N) is 3. The van der Waals surface area contributed by atoms with Crippen molar-refractivity contribution in [2.75, 3.05) is 20.7 Å². The van der Waals surface area contributed by atoms with Gasteiger partial charge in [-0.15, -0.1) is 0 Å². The topological polar surface area (TPSA) is 76.5 Å². The molecule has 7 heteroatoms. The highest BCUT2D eigenvalue weighted by Crippen LogP contribution is 2.27. The number of hydrogen-bond donors (Lipinski definition) is 1. The molecule has 1 atom stereocenters. The van der Waals surface area contributed by atoms with E-state index >= 15 is 0 Å². The van der Waals surface area contributed by atoms with Gasteiger partial charge in [0.1, 0.15) is 11.9 Å². The lowest BCUT2D eigenvalue weighted by atomic mass is 9.86. The third-order valence-electron chi connectivity index (χ3n) is 5.24. The summed E-state index contributed by atoms with van der Waals surface area (Å²) in [5.41, 5.74) is 1.73. The first kappa shape index (κ1) is 21.0. The Balaban J connectivity index is 2.03. The van der Waals surface area contributed by atoms with Gasteiger partial charge in [0.05, 0.1) is 12.8 Å². The molecule has 0 bridgehead atoms. The fourth-order valence-corrected chi connectivity index (χ4v) is 3.66. The maximum Gasteiger partial charge on any atom is 0.328 e. The van der Waals surface area contributed by atoms with Gasteiger partial charge < -0.3 is 19.5 Å². The number of carbonyl (C=O) groups excluding carboxylic acids is 2. The van der Waals surface area contributed by atoms with Crippen molar-refractivity contribution in [1.29, 1.82) is 0 Å². The molecular weight excluding hydrogens is 368 g/mol. The van der Waals surface area contributed by atoms with Crippen molar-refractivity contribution >= 4 is 11.9 Å². The number of esters is 1. The first-order valence-electron chi connectivity index (χ1n) is 9.94. The molecule has 0 radical (unpaired) electrons. The lowest BCUT2D eigenvalue weighted by Crippen LogP contribution is -2.50. The molecular formula is C22H30N4O3. The van der Waals surface area contributed by atoms with E-state index in [1.54, 1.807) is 0 Å². The number of methoxy groups -OCH3 is 1. The highest BCUT2D eigenvalue weighted by Gasteiger charge is 2.35. The highest BCUT2D eigenvalue weighted by molar-refractivity contribution is 5.97. The summed E-state index contributed by atoms with van der Waals surface area (Å²) >= 11 is 0. The molecule has 1 aliphatic rings. The van der Waals surface area contributed by atoms with Crippen molar-refractivity contribution in [3.8, 4) is 11.4 Å². The predicted molar refractivity (Wildman–Crippen MR) is 111 cm³/mol. The zero-order valence-corrected chi connectivity index (χ0v) is 17.9. The van der Waals surface area contributed by atoms with E-state index in [9.17, 15) is 9.59 Å². The third kappa shape index (κ3) is 4.50. The van der Waals surface area contributed by atoms with Gasteiger partial charge >= 0.3 is 5.97 Å². The highest BCUT2D eigenvalue weighted by atomic mass is 16.5. The van der Waals surface area contributed by atoms with Crippen LogP contribution in [0.15, 0.2) is 30.3 Å². The molecule has 1 aromatic heterocycles. The van der Waals surface area contributed by atoms with Crippen molar-refractivity contribution in [3.63, 3.8) is 0 Å². The van der Waals surface area contributed by atoms with E-state index in [2.05, 4.69) is 14.8 Å². The minimum atomic E-state index is -0.763. The standard InChI is InChI=1S/C22H30N4O3/c1-22(2,3)18(21(28)29-5)24-20(27)17-16-14-25(4)12-9-13-26(16)19(23-17)15-10-7-6-8-11-15/h6-8,10-11,18H,9,12-14H2,1-5H3,(H,24,27)/t18-/m1/s1. The number of benzene rings is 1. The average molecular weight is 399 g/mol. The molecule has 3 rings (SSSR count). The minimum Gasteiger partial charge on any atom is -0.467 e. The van der Waals surface area contributed by atoms with Gasteiger partial charge in [0.25, 0.3) is 5.91 Å². The number of hydrogen-bond acceptors (Lipinski definition) is 5. The second-order valence-electron chi connectivity index (χ2n) is 8.64. The van der Waals surface area contributed by atoms with Gasteiger partial charge in [-0.25, -0.2) is 9.78 Å². The van der Waals surface area contributed by atoms with Crippen LogP contribution in [-0.2, 0) is 22.6 Å². The Bertz CT molecular complexity index is 883. The quantitative estimate of drug-likeness (QED) is 0.802. The zero-order chi connectivity index (χ0) is 21.2. The molecule has 2 aromatic rings. The summed E-state index contributed by atoms with van der Waals surface area (Å²) in [7, 11) is 3.37. The van der Waals surface area contributed by atoms with Crippen LogP contribution in [0.4, 0.5) is 0 Å². The summed E-state index contributed by atoms with van der Waals surface area (Å²) in [5.74, 6) is -0.0282. The van der Waals surface area contributed by atoms with Crippen molar-refractivity contribution in [1.82, 2.24) is 19.8 Å². The SMILES string of the molecule is COC(=O)[C@@H](NC(=O)c1nc(-c2ccccc2)n2c1CN(C)CCC2)C(C)(C)C. The van der Waals surface area contributed by atoms with E-state index in [4.69, 9.17) is 9.72 Å². The lowest BCUT2D eigenvalue weighted by molar-refractivity contribution is -0.145. The van der Waals surface area contributed by atoms with Crippen LogP contribution in [0.25, 0.3) is 11.4 Å². The number of imidazole rings is 1. The Morgan fingerprint density at radius 2 is 1.86 bits per heavy atom. The van der Waals surface area contributed by atoms with Gasteiger partial charge in [0.2, 0.25) is 0 Å². The third-order valence-corrected chi connectivity index (χ3v) is 5.24. The largest absolute Gasteiger partial charge is 0.467 e. The number of carbonyl (C=O) groups is 2. The number of ether oxygens (including phenoxy) is 1. The maximum absolute atomic E-state index is 13.2. The van der Waals surface area contributed by atoms with Gasteiger partial charge in [-0.1, -0.05) is 51.1 Å². The second-order valence-corrected chi connectivity index (χ2v) is 8.64. The first-order valence-corrected chi connectivity index (χ1v) is 9.94. The number of rotatable bonds is 4. The number of aromatic nitrogens is 2. The fraction of sp³-hybridized carbons (Fsp3) is 0.500. The Morgan fingerprint density at radius 1 is 1.17 bits per heavy atom. The molecule has 1 amide bonds. The normalized spacial score (nSPS) is 15.9. The second kappa shape index (κ2) is 8.37. The van der Waals surface area contributed by atoms with Crippen molar-refractivity contribution in [3.05, 3.63) is 41.7 Å². The van der Waals surface area contributed by atoms with Crippen LogP contribution >= 0.6 is 0 Å². The Hall–Kier alpha value is -2.67. The zero-order valence-electron chi connectivity index (χ0n) is 17.9. The van der Waals surface area contributed by atoms with Gasteiger partial charge in [0, 0.05) is 18.7 Å². The number of fused-ring (bicyclic) bond motifs is 1. The van der Waals surface area contributed by atoms with Crippen LogP contribution < -0.4 is 5.32 Å². The molecule has 1 aromatic carbocycles. The molecule has 0 aliphatic carbocycles. The predicted octanol–water partition coefficient (Wildman–Crippen LogP) is 2.70. The van der Waals surface area contributed by atoms with Crippen molar-refractivity contribution in [2.45, 2.75) is 46.3 Å². The van der Waals surface area contributed by atoms with Crippen LogP contribution in [0.3, 0.4) is 0 Å². The summed E-state index contributed by atoms with van der Waals surface area (Å²) in [6, 6.07) is 9.12. The maximum atomic E-state index is 13.2. The van der Waals surface area contributed by atoms with Crippen LogP contribution in [0.2, 0.25) is 0 Å². The van der Waals surface area contributed by atoms with Gasteiger partial charge in [-0.2, -0.15) is 0 Å². The summed E-state index contributed by atoms with van der Waals surface area (Å²) < 4.78 is 7.05. The van der Waals surface area contributed by atoms with Crippen LogP contribution in [0.1, 0.15) is 43.4 Å². The van der Waals surface area contributed by atoms with E-state index in [1.165, 1.54) is 7.11 Å². The molecule has 1 N–H and O–H groups in total. The molecule has 29 heavy (non-hydrogen) atoms. The monoisotopic (exact) mass is 398 g/mol. The lowest BCUT2D eigenvalue weighted by Gasteiger charge is -2.28. The average Bonchev–Trinajstić information content (AvgIpc) is 2.92. The van der Waals surface area contributed by atoms with Crippen LogP contribution in [0, 0.1) is 5.41 Å². The number of nitrogens with one attached hydrogen (secondary N) is 1. The molecule has 7 nitrogen and oxygen atoms in total. The summed E-state index contributed by atoms with van der Waals surface area (Å²) in [5, 5.41) is 2.87. The van der Waals surface area contributed by atoms with Gasteiger partial charge in [-0.3, -0.25) is 4.79 Å². The Morgan fingerprint density at radius 3 is 2.48 bits per heavy atom. The number of amides is 1. The smallest absolute Gasteiger partial charge is 0.328 e. The summed E-state index contributed by atoms with van der Waals surface area (Å²) in [4.78, 5) is 32.4. The Labute approximate surface area is 172 Å². The molecule has 0 unspecified atom stereocenters. The first-order chi connectivity index (χ1) is 13.7. The van der Waals surface area contributed by atoms with Crippen LogP contribution in [-0.4, -0.2) is 53.1 Å². The van der Waals surface area contributed by atoms with Crippen LogP contribution in [0.5, 0.6) is 0 Å². The molecule has 0 saturated carbocycles. The van der Waals surface area contributed by atoms with Crippen molar-refractivity contribution in [2.24, 2.45) is 5.41 Å². The summed E-state index contributed by atoms with van der Waals surface area (Å²) in [6.07, 6.45) is 0.980. The fourth-order valence-electron chi connectivity index (χ4n) is 3.66. The molecule has 0 spiro atoms. The van der Waals surface area contributed by atoms with E-state index in [0.717, 1.165) is 36.6 Å². The molecule has 0 saturated heterocycles. The molecule has 1 aliphatic heterocycles. The summed E-state index contributed by atoms with van der Waals surface area (Å²) in [6.45, 7) is 8.05. The van der Waals surface area contributed by atoms with E-state index in [1.807, 2.05) is 58.2 Å². The molecule has 0 fully saturated rings. The van der Waals surface area contributed by atoms with Crippen molar-refractivity contribution < 1.29 is 14.3 Å². The van der Waals surface area contributed by atoms with E-state index < -0.39 is 17.4 Å². The van der Waals surface area contributed by atoms with E-state index in [0.29, 0.717) is 12.2 Å².